The first-order chi connectivity index (χ1) is 10.3. The molecular formula is C18H21N3. The highest BCUT2D eigenvalue weighted by atomic mass is 15.1. The van der Waals surface area contributed by atoms with Gasteiger partial charge in [0.1, 0.15) is 5.82 Å². The minimum atomic E-state index is 0.871. The Labute approximate surface area is 125 Å². The average molecular weight is 279 g/mol. The van der Waals surface area contributed by atoms with Crippen molar-refractivity contribution in [2.24, 2.45) is 0 Å². The highest BCUT2D eigenvalue weighted by Crippen LogP contribution is 2.19. The molecular weight excluding hydrogens is 258 g/mol. The number of fused-ring (bicyclic) bond motifs is 1. The molecule has 3 aromatic rings. The number of hydrogen-bond donors (Lipinski definition) is 1. The quantitative estimate of drug-likeness (QED) is 0.722. The monoisotopic (exact) mass is 279 g/mol. The molecule has 0 aliphatic carbocycles. The van der Waals surface area contributed by atoms with Crippen LogP contribution in [0.15, 0.2) is 48.5 Å². The standard InChI is InChI=1S/C18H21N3/c1-2-13-21-17-10-6-5-9-16(17)20-18(21)12-11-14-7-3-4-8-15(14)19/h3-10H,2,11-13,19H2,1H3. The van der Waals surface area contributed by atoms with E-state index in [0.717, 1.165) is 42.8 Å². The number of rotatable bonds is 5. The molecule has 3 nitrogen and oxygen atoms in total. The lowest BCUT2D eigenvalue weighted by Crippen LogP contribution is -2.06. The topological polar surface area (TPSA) is 43.8 Å². The number of nitrogen functional groups attached to an aromatic ring is 1. The summed E-state index contributed by atoms with van der Waals surface area (Å²) in [4.78, 5) is 4.80. The van der Waals surface area contributed by atoms with Crippen LogP contribution in [0.3, 0.4) is 0 Å². The van der Waals surface area contributed by atoms with Crippen LogP contribution in [-0.4, -0.2) is 9.55 Å². The lowest BCUT2D eigenvalue weighted by molar-refractivity contribution is 0.650. The molecule has 2 aromatic carbocycles. The van der Waals surface area contributed by atoms with Gasteiger partial charge in [-0.2, -0.15) is 0 Å². The van der Waals surface area contributed by atoms with Crippen molar-refractivity contribution in [3.63, 3.8) is 0 Å². The van der Waals surface area contributed by atoms with Crippen LogP contribution in [0.2, 0.25) is 0 Å². The molecule has 0 saturated heterocycles. The molecule has 3 heteroatoms. The van der Waals surface area contributed by atoms with E-state index in [-0.39, 0.29) is 0 Å². The van der Waals surface area contributed by atoms with Crippen molar-refractivity contribution in [2.75, 3.05) is 5.73 Å². The van der Waals surface area contributed by atoms with E-state index in [4.69, 9.17) is 10.7 Å². The van der Waals surface area contributed by atoms with Crippen molar-refractivity contribution in [3.05, 3.63) is 59.9 Å². The number of imidazole rings is 1. The van der Waals surface area contributed by atoms with Gasteiger partial charge in [0.15, 0.2) is 0 Å². The summed E-state index contributed by atoms with van der Waals surface area (Å²) in [5.41, 5.74) is 10.4. The third-order valence-electron chi connectivity index (χ3n) is 3.85. The first-order valence-corrected chi connectivity index (χ1v) is 7.57. The van der Waals surface area contributed by atoms with Crippen LogP contribution < -0.4 is 5.73 Å². The number of hydrogen-bond acceptors (Lipinski definition) is 2. The van der Waals surface area contributed by atoms with Crippen molar-refractivity contribution in [1.82, 2.24) is 9.55 Å². The van der Waals surface area contributed by atoms with E-state index in [1.807, 2.05) is 24.3 Å². The van der Waals surface area contributed by atoms with Crippen LogP contribution in [0.1, 0.15) is 24.7 Å². The van der Waals surface area contributed by atoms with Gasteiger partial charge in [-0.15, -0.1) is 0 Å². The lowest BCUT2D eigenvalue weighted by atomic mass is 10.1. The van der Waals surface area contributed by atoms with Crippen LogP contribution in [-0.2, 0) is 19.4 Å². The van der Waals surface area contributed by atoms with Gasteiger partial charge < -0.3 is 10.3 Å². The molecule has 0 bridgehead atoms. The Morgan fingerprint density at radius 3 is 2.57 bits per heavy atom. The Balaban J connectivity index is 1.89. The number of anilines is 1. The van der Waals surface area contributed by atoms with Gasteiger partial charge in [-0.05, 0) is 36.6 Å². The summed E-state index contributed by atoms with van der Waals surface area (Å²) in [7, 11) is 0. The summed E-state index contributed by atoms with van der Waals surface area (Å²) in [6.07, 6.45) is 2.96. The third-order valence-corrected chi connectivity index (χ3v) is 3.85. The fourth-order valence-electron chi connectivity index (χ4n) is 2.80. The molecule has 0 saturated carbocycles. The second-order valence-corrected chi connectivity index (χ2v) is 5.37. The van der Waals surface area contributed by atoms with E-state index in [1.54, 1.807) is 0 Å². The first-order valence-electron chi connectivity index (χ1n) is 7.57. The molecule has 0 aliphatic heterocycles. The van der Waals surface area contributed by atoms with Crippen LogP contribution >= 0.6 is 0 Å². The normalized spacial score (nSPS) is 11.1. The summed E-state index contributed by atoms with van der Waals surface area (Å²) in [6.45, 7) is 3.22. The summed E-state index contributed by atoms with van der Waals surface area (Å²) in [5.74, 6) is 1.15. The molecule has 0 spiro atoms. The lowest BCUT2D eigenvalue weighted by Gasteiger charge is -2.09. The van der Waals surface area contributed by atoms with E-state index in [2.05, 4.69) is 35.8 Å². The summed E-state index contributed by atoms with van der Waals surface area (Å²) < 4.78 is 2.34. The molecule has 108 valence electrons. The summed E-state index contributed by atoms with van der Waals surface area (Å²) in [5, 5.41) is 0. The van der Waals surface area contributed by atoms with Crippen LogP contribution in [0, 0.1) is 0 Å². The Bertz CT molecular complexity index is 743. The molecule has 0 radical (unpaired) electrons. The van der Waals surface area contributed by atoms with Crippen molar-refractivity contribution in [2.45, 2.75) is 32.7 Å². The molecule has 21 heavy (non-hydrogen) atoms. The van der Waals surface area contributed by atoms with E-state index in [0.29, 0.717) is 0 Å². The van der Waals surface area contributed by atoms with E-state index >= 15 is 0 Å². The molecule has 3 rings (SSSR count). The molecule has 0 aliphatic rings. The Kier molecular flexibility index (Phi) is 3.91. The zero-order valence-electron chi connectivity index (χ0n) is 12.4. The second-order valence-electron chi connectivity index (χ2n) is 5.37. The highest BCUT2D eigenvalue weighted by molar-refractivity contribution is 5.75. The number of para-hydroxylation sites is 3. The Morgan fingerprint density at radius 2 is 1.76 bits per heavy atom. The number of benzene rings is 2. The maximum atomic E-state index is 6.03. The average Bonchev–Trinajstić information content (AvgIpc) is 2.85. The van der Waals surface area contributed by atoms with Crippen LogP contribution in [0.4, 0.5) is 5.69 Å². The molecule has 0 unspecified atom stereocenters. The zero-order valence-corrected chi connectivity index (χ0v) is 12.4. The van der Waals surface area contributed by atoms with Crippen molar-refractivity contribution < 1.29 is 0 Å². The van der Waals surface area contributed by atoms with Crippen LogP contribution in [0.25, 0.3) is 11.0 Å². The number of nitrogens with two attached hydrogens (primary N) is 1. The maximum absolute atomic E-state index is 6.03. The molecule has 1 heterocycles. The van der Waals surface area contributed by atoms with E-state index in [9.17, 15) is 0 Å². The number of aromatic nitrogens is 2. The van der Waals surface area contributed by atoms with Crippen molar-refractivity contribution in [1.29, 1.82) is 0 Å². The van der Waals surface area contributed by atoms with Gasteiger partial charge in [-0.3, -0.25) is 0 Å². The Morgan fingerprint density at radius 1 is 1.00 bits per heavy atom. The van der Waals surface area contributed by atoms with Crippen LogP contribution in [0.5, 0.6) is 0 Å². The Hall–Kier alpha value is -2.29. The third kappa shape index (κ3) is 2.77. The smallest absolute Gasteiger partial charge is 0.110 e. The SMILES string of the molecule is CCCn1c(CCc2ccccc2N)nc2ccccc21. The van der Waals surface area contributed by atoms with Crippen molar-refractivity contribution in [3.8, 4) is 0 Å². The van der Waals surface area contributed by atoms with Gasteiger partial charge in [0.25, 0.3) is 0 Å². The second kappa shape index (κ2) is 6.00. The van der Waals surface area contributed by atoms with Gasteiger partial charge in [-0.1, -0.05) is 37.3 Å². The molecule has 1 aromatic heterocycles. The van der Waals surface area contributed by atoms with Gasteiger partial charge in [0.05, 0.1) is 11.0 Å². The molecule has 2 N–H and O–H groups in total. The maximum Gasteiger partial charge on any atom is 0.110 e. The van der Waals surface area contributed by atoms with Gasteiger partial charge in [-0.25, -0.2) is 4.98 Å². The molecule has 0 fully saturated rings. The summed E-state index contributed by atoms with van der Waals surface area (Å²) >= 11 is 0. The largest absolute Gasteiger partial charge is 0.399 e. The van der Waals surface area contributed by atoms with E-state index < -0.39 is 0 Å². The first kappa shape index (κ1) is 13.7. The minimum Gasteiger partial charge on any atom is -0.399 e. The zero-order chi connectivity index (χ0) is 14.7. The molecule has 0 amide bonds. The predicted octanol–water partition coefficient (Wildman–Crippen LogP) is 3.81. The predicted molar refractivity (Wildman–Crippen MR) is 88.3 cm³/mol. The fourth-order valence-corrected chi connectivity index (χ4v) is 2.80. The van der Waals surface area contributed by atoms with Gasteiger partial charge in [0.2, 0.25) is 0 Å². The van der Waals surface area contributed by atoms with Gasteiger partial charge >= 0.3 is 0 Å². The fraction of sp³-hybridized carbons (Fsp3) is 0.278. The summed E-state index contributed by atoms with van der Waals surface area (Å²) in [6, 6.07) is 16.4. The molecule has 0 atom stereocenters. The minimum absolute atomic E-state index is 0.871. The van der Waals surface area contributed by atoms with Gasteiger partial charge in [0, 0.05) is 18.7 Å². The highest BCUT2D eigenvalue weighted by Gasteiger charge is 2.10. The number of aryl methyl sites for hydroxylation is 3. The van der Waals surface area contributed by atoms with E-state index in [1.165, 1.54) is 11.1 Å². The number of nitrogens with zero attached hydrogens (tertiary/aromatic N) is 2. The van der Waals surface area contributed by atoms with Crippen molar-refractivity contribution >= 4 is 16.7 Å².